The molecule has 1 heterocycles. The lowest BCUT2D eigenvalue weighted by atomic mass is 10.2. The highest BCUT2D eigenvalue weighted by atomic mass is 35.5. The zero-order valence-corrected chi connectivity index (χ0v) is 15.1. The van der Waals surface area contributed by atoms with Crippen LogP contribution in [0.1, 0.15) is 22.5 Å². The second kappa shape index (κ2) is 9.42. The van der Waals surface area contributed by atoms with E-state index in [9.17, 15) is 4.79 Å². The zero-order chi connectivity index (χ0) is 16.8. The third kappa shape index (κ3) is 5.06. The van der Waals surface area contributed by atoms with Crippen LogP contribution in [-0.2, 0) is 22.6 Å². The Hall–Kier alpha value is -1.89. The molecule has 0 bridgehead atoms. The van der Waals surface area contributed by atoms with Crippen molar-refractivity contribution in [1.29, 1.82) is 0 Å². The molecule has 2 rings (SSSR count). The molecule has 0 saturated carbocycles. The average Bonchev–Trinajstić information content (AvgIpc) is 2.80. The topological polar surface area (TPSA) is 82.2 Å². The van der Waals surface area contributed by atoms with Crippen LogP contribution < -0.4 is 11.1 Å². The number of carbonyl (C=O) groups is 1. The largest absolute Gasteiger partial charge is 0.383 e. The first-order chi connectivity index (χ1) is 11.0. The fourth-order valence-corrected chi connectivity index (χ4v) is 2.46. The SMILES string of the molecule is COCC(N)C(=O)NCc1c(C)nn(Cc2ccccc2)c1C.Cl. The van der Waals surface area contributed by atoms with Crippen molar-refractivity contribution in [3.63, 3.8) is 0 Å². The summed E-state index contributed by atoms with van der Waals surface area (Å²) in [6.07, 6.45) is 0. The van der Waals surface area contributed by atoms with Crippen LogP contribution in [0.25, 0.3) is 0 Å². The lowest BCUT2D eigenvalue weighted by molar-refractivity contribution is -0.123. The maximum Gasteiger partial charge on any atom is 0.239 e. The van der Waals surface area contributed by atoms with E-state index in [1.807, 2.05) is 36.7 Å². The number of aromatic nitrogens is 2. The summed E-state index contributed by atoms with van der Waals surface area (Å²) in [7, 11) is 1.52. The third-order valence-electron chi connectivity index (χ3n) is 3.83. The number of amides is 1. The van der Waals surface area contributed by atoms with Gasteiger partial charge in [0.2, 0.25) is 5.91 Å². The number of nitrogens with two attached hydrogens (primary N) is 1. The Labute approximate surface area is 148 Å². The molecule has 7 heteroatoms. The van der Waals surface area contributed by atoms with E-state index < -0.39 is 6.04 Å². The lowest BCUT2D eigenvalue weighted by Crippen LogP contribution is -2.43. The summed E-state index contributed by atoms with van der Waals surface area (Å²) in [4.78, 5) is 11.9. The van der Waals surface area contributed by atoms with Crippen LogP contribution in [0.5, 0.6) is 0 Å². The van der Waals surface area contributed by atoms with Gasteiger partial charge < -0.3 is 15.8 Å². The van der Waals surface area contributed by atoms with Crippen LogP contribution in [0.3, 0.4) is 0 Å². The Morgan fingerprint density at radius 3 is 2.62 bits per heavy atom. The normalized spacial score (nSPS) is 11.7. The third-order valence-corrected chi connectivity index (χ3v) is 3.83. The van der Waals surface area contributed by atoms with Gasteiger partial charge >= 0.3 is 0 Å². The van der Waals surface area contributed by atoms with E-state index in [0.717, 1.165) is 17.0 Å². The first kappa shape index (κ1) is 20.2. The van der Waals surface area contributed by atoms with Gasteiger partial charge in [0.15, 0.2) is 0 Å². The van der Waals surface area contributed by atoms with E-state index in [0.29, 0.717) is 13.1 Å². The van der Waals surface area contributed by atoms with Crippen molar-refractivity contribution in [1.82, 2.24) is 15.1 Å². The minimum Gasteiger partial charge on any atom is -0.383 e. The molecule has 0 spiro atoms. The highest BCUT2D eigenvalue weighted by Crippen LogP contribution is 2.14. The van der Waals surface area contributed by atoms with Gasteiger partial charge in [-0.05, 0) is 19.4 Å². The van der Waals surface area contributed by atoms with Crippen LogP contribution in [0, 0.1) is 13.8 Å². The van der Waals surface area contributed by atoms with Gasteiger partial charge in [-0.3, -0.25) is 9.48 Å². The smallest absolute Gasteiger partial charge is 0.239 e. The predicted octanol–water partition coefficient (Wildman–Crippen LogP) is 1.56. The van der Waals surface area contributed by atoms with Gasteiger partial charge in [0, 0.05) is 24.9 Å². The second-order valence-electron chi connectivity index (χ2n) is 5.57. The molecule has 2 aromatic rings. The maximum atomic E-state index is 11.9. The fraction of sp³-hybridized carbons (Fsp3) is 0.412. The van der Waals surface area contributed by atoms with Crippen molar-refractivity contribution in [3.05, 3.63) is 52.8 Å². The number of methoxy groups -OCH3 is 1. The molecule has 0 aliphatic carbocycles. The average molecular weight is 353 g/mol. The van der Waals surface area contributed by atoms with Crippen molar-refractivity contribution in [2.75, 3.05) is 13.7 Å². The molecule has 0 aliphatic heterocycles. The van der Waals surface area contributed by atoms with Gasteiger partial charge in [-0.15, -0.1) is 12.4 Å². The molecular weight excluding hydrogens is 328 g/mol. The van der Waals surface area contributed by atoms with Crippen LogP contribution in [0.15, 0.2) is 30.3 Å². The van der Waals surface area contributed by atoms with Crippen LogP contribution in [0.4, 0.5) is 0 Å². The summed E-state index contributed by atoms with van der Waals surface area (Å²) < 4.78 is 6.85. The molecule has 1 atom stereocenters. The Kier molecular flexibility index (Phi) is 7.91. The van der Waals surface area contributed by atoms with E-state index in [4.69, 9.17) is 10.5 Å². The standard InChI is InChI=1S/C17H24N4O2.ClH/c1-12-15(9-19-17(22)16(18)11-23-3)13(2)21(20-12)10-14-7-5-4-6-8-14;/h4-8,16H,9-11,18H2,1-3H3,(H,19,22);1H. The molecule has 0 aliphatic rings. The van der Waals surface area contributed by atoms with Gasteiger partial charge in [-0.25, -0.2) is 0 Å². The Morgan fingerprint density at radius 2 is 2.00 bits per heavy atom. The number of nitrogens with zero attached hydrogens (tertiary/aromatic N) is 2. The number of hydrogen-bond donors (Lipinski definition) is 2. The summed E-state index contributed by atoms with van der Waals surface area (Å²) >= 11 is 0. The molecule has 0 fully saturated rings. The molecular formula is C17H25ClN4O2. The van der Waals surface area contributed by atoms with E-state index in [1.54, 1.807) is 0 Å². The number of nitrogens with one attached hydrogen (secondary N) is 1. The van der Waals surface area contributed by atoms with Crippen molar-refractivity contribution in [2.24, 2.45) is 5.73 Å². The lowest BCUT2D eigenvalue weighted by Gasteiger charge is -2.11. The summed E-state index contributed by atoms with van der Waals surface area (Å²) in [6, 6.07) is 9.51. The van der Waals surface area contributed by atoms with Crippen LogP contribution >= 0.6 is 12.4 Å². The molecule has 3 N–H and O–H groups in total. The summed E-state index contributed by atoms with van der Waals surface area (Å²) in [5.74, 6) is -0.221. The number of aryl methyl sites for hydroxylation is 1. The molecule has 6 nitrogen and oxygen atoms in total. The van der Waals surface area contributed by atoms with E-state index in [-0.39, 0.29) is 24.9 Å². The molecule has 1 aromatic carbocycles. The van der Waals surface area contributed by atoms with Gasteiger partial charge in [-0.1, -0.05) is 30.3 Å². The first-order valence-corrected chi connectivity index (χ1v) is 7.62. The number of ether oxygens (including phenoxy) is 1. The van der Waals surface area contributed by atoms with Gasteiger partial charge in [0.25, 0.3) is 0 Å². The molecule has 1 unspecified atom stereocenters. The van der Waals surface area contributed by atoms with E-state index in [2.05, 4.69) is 22.5 Å². The number of benzene rings is 1. The molecule has 24 heavy (non-hydrogen) atoms. The Balaban J connectivity index is 0.00000288. The van der Waals surface area contributed by atoms with E-state index >= 15 is 0 Å². The van der Waals surface area contributed by atoms with Gasteiger partial charge in [0.05, 0.1) is 18.8 Å². The summed E-state index contributed by atoms with van der Waals surface area (Å²) in [5.41, 5.74) is 9.90. The molecule has 132 valence electrons. The van der Waals surface area contributed by atoms with Gasteiger partial charge in [0.1, 0.15) is 6.04 Å². The second-order valence-corrected chi connectivity index (χ2v) is 5.57. The Bertz CT molecular complexity index is 658. The minimum absolute atomic E-state index is 0. The van der Waals surface area contributed by atoms with Crippen LogP contribution in [-0.4, -0.2) is 35.4 Å². The van der Waals surface area contributed by atoms with Gasteiger partial charge in [-0.2, -0.15) is 5.10 Å². The predicted molar refractivity (Wildman–Crippen MR) is 96.2 cm³/mol. The van der Waals surface area contributed by atoms with Crippen LogP contribution in [0.2, 0.25) is 0 Å². The number of halogens is 1. The summed E-state index contributed by atoms with van der Waals surface area (Å²) in [6.45, 7) is 5.30. The quantitative estimate of drug-likeness (QED) is 0.792. The molecule has 1 aromatic heterocycles. The molecule has 0 saturated heterocycles. The van der Waals surface area contributed by atoms with Crippen molar-refractivity contribution < 1.29 is 9.53 Å². The van der Waals surface area contributed by atoms with Crippen molar-refractivity contribution in [2.45, 2.75) is 33.0 Å². The first-order valence-electron chi connectivity index (χ1n) is 7.62. The number of hydrogen-bond acceptors (Lipinski definition) is 4. The minimum atomic E-state index is -0.653. The summed E-state index contributed by atoms with van der Waals surface area (Å²) in [5, 5.41) is 7.42. The highest BCUT2D eigenvalue weighted by Gasteiger charge is 2.16. The number of carbonyl (C=O) groups excluding carboxylic acids is 1. The monoisotopic (exact) mass is 352 g/mol. The highest BCUT2D eigenvalue weighted by molar-refractivity contribution is 5.85. The van der Waals surface area contributed by atoms with E-state index in [1.165, 1.54) is 12.7 Å². The fourth-order valence-electron chi connectivity index (χ4n) is 2.46. The van der Waals surface area contributed by atoms with Crippen molar-refractivity contribution in [3.8, 4) is 0 Å². The Morgan fingerprint density at radius 1 is 1.33 bits per heavy atom. The number of rotatable bonds is 7. The van der Waals surface area contributed by atoms with Crippen molar-refractivity contribution >= 4 is 18.3 Å². The molecule has 0 radical (unpaired) electrons. The zero-order valence-electron chi connectivity index (χ0n) is 14.3. The molecule has 1 amide bonds. The maximum absolute atomic E-state index is 11.9.